The number of hydrogen-bond acceptors (Lipinski definition) is 4. The fourth-order valence-corrected chi connectivity index (χ4v) is 3.43. The maximum absolute atomic E-state index is 14.0. The van der Waals surface area contributed by atoms with Crippen molar-refractivity contribution in [3.8, 4) is 5.75 Å². The van der Waals surface area contributed by atoms with Crippen LogP contribution in [-0.2, 0) is 13.1 Å². The van der Waals surface area contributed by atoms with Crippen molar-refractivity contribution in [2.45, 2.75) is 47.7 Å². The normalized spacial score (nSPS) is 11.4. The lowest BCUT2D eigenvalue weighted by Gasteiger charge is -2.15. The number of amides is 1. The summed E-state index contributed by atoms with van der Waals surface area (Å²) in [5.41, 5.74) is 4.25. The highest BCUT2D eigenvalue weighted by Crippen LogP contribution is 2.24. The minimum atomic E-state index is -0.466. The number of rotatable bonds is 7. The van der Waals surface area contributed by atoms with E-state index < -0.39 is 11.7 Å². The first-order valence-corrected chi connectivity index (χ1v) is 11.0. The third-order valence-electron chi connectivity index (χ3n) is 5.33. The van der Waals surface area contributed by atoms with Gasteiger partial charge < -0.3 is 10.1 Å². The van der Waals surface area contributed by atoms with Gasteiger partial charge in [0.25, 0.3) is 5.91 Å². The SMILES string of the molecule is CCOc1ccccc1NC(=NCc1c(C)nn(CC)c1C)NC(=O)c1ccc(C)c(F)c1. The van der Waals surface area contributed by atoms with Crippen molar-refractivity contribution in [2.75, 3.05) is 11.9 Å². The summed E-state index contributed by atoms with van der Waals surface area (Å²) >= 11 is 0. The molecule has 7 nitrogen and oxygen atoms in total. The van der Waals surface area contributed by atoms with E-state index in [0.717, 1.165) is 23.5 Å². The number of ether oxygens (including phenoxy) is 1. The molecule has 2 N–H and O–H groups in total. The van der Waals surface area contributed by atoms with E-state index in [4.69, 9.17) is 4.74 Å². The van der Waals surface area contributed by atoms with Crippen molar-refractivity contribution in [3.63, 3.8) is 0 Å². The molecule has 2 aromatic carbocycles. The van der Waals surface area contributed by atoms with Gasteiger partial charge in [0.15, 0.2) is 0 Å². The molecular formula is C25H30FN5O2. The minimum absolute atomic E-state index is 0.205. The van der Waals surface area contributed by atoms with Gasteiger partial charge in [-0.1, -0.05) is 18.2 Å². The average Bonchev–Trinajstić information content (AvgIpc) is 3.07. The Morgan fingerprint density at radius 3 is 2.58 bits per heavy atom. The highest BCUT2D eigenvalue weighted by Gasteiger charge is 2.15. The summed E-state index contributed by atoms with van der Waals surface area (Å²) in [7, 11) is 0. The largest absolute Gasteiger partial charge is 0.492 e. The zero-order chi connectivity index (χ0) is 24.0. The van der Waals surface area contributed by atoms with Crippen LogP contribution in [0.2, 0.25) is 0 Å². The summed E-state index contributed by atoms with van der Waals surface area (Å²) in [4.78, 5) is 17.5. The molecule has 0 bridgehead atoms. The van der Waals surface area contributed by atoms with Gasteiger partial charge in [0.1, 0.15) is 11.6 Å². The van der Waals surface area contributed by atoms with Crippen LogP contribution in [0, 0.1) is 26.6 Å². The second kappa shape index (κ2) is 10.8. The van der Waals surface area contributed by atoms with Gasteiger partial charge in [0, 0.05) is 23.4 Å². The number of nitrogens with zero attached hydrogens (tertiary/aromatic N) is 3. The number of nitrogens with one attached hydrogen (secondary N) is 2. The first kappa shape index (κ1) is 24.0. The van der Waals surface area contributed by atoms with Gasteiger partial charge in [0.05, 0.1) is 24.5 Å². The summed E-state index contributed by atoms with van der Waals surface area (Å²) in [5.74, 6) is -0.0357. The predicted octanol–water partition coefficient (Wildman–Crippen LogP) is 4.76. The van der Waals surface area contributed by atoms with E-state index in [0.29, 0.717) is 30.2 Å². The minimum Gasteiger partial charge on any atom is -0.492 e. The van der Waals surface area contributed by atoms with E-state index in [9.17, 15) is 9.18 Å². The first-order chi connectivity index (χ1) is 15.8. The number of aryl methyl sites for hydroxylation is 3. The number of hydrogen-bond donors (Lipinski definition) is 2. The Bertz CT molecular complexity index is 1170. The first-order valence-electron chi connectivity index (χ1n) is 11.0. The summed E-state index contributed by atoms with van der Waals surface area (Å²) in [5, 5.41) is 10.5. The summed E-state index contributed by atoms with van der Waals surface area (Å²) in [6.07, 6.45) is 0. The van der Waals surface area contributed by atoms with Gasteiger partial charge in [-0.2, -0.15) is 5.10 Å². The van der Waals surface area contributed by atoms with E-state index in [-0.39, 0.29) is 11.5 Å². The number of carbonyl (C=O) groups excluding carboxylic acids is 1. The van der Waals surface area contributed by atoms with Crippen molar-refractivity contribution < 1.29 is 13.9 Å². The van der Waals surface area contributed by atoms with Crippen molar-refractivity contribution in [2.24, 2.45) is 4.99 Å². The zero-order valence-electron chi connectivity index (χ0n) is 19.7. The molecule has 3 rings (SSSR count). The maximum atomic E-state index is 14.0. The van der Waals surface area contributed by atoms with Crippen LogP contribution in [0.5, 0.6) is 5.75 Å². The molecule has 0 aliphatic carbocycles. The van der Waals surface area contributed by atoms with E-state index in [2.05, 4.69) is 20.7 Å². The number of para-hydroxylation sites is 2. The van der Waals surface area contributed by atoms with Crippen LogP contribution in [0.25, 0.3) is 0 Å². The Morgan fingerprint density at radius 2 is 1.91 bits per heavy atom. The number of benzene rings is 2. The monoisotopic (exact) mass is 451 g/mol. The molecule has 0 saturated heterocycles. The number of carbonyl (C=O) groups is 1. The quantitative estimate of drug-likeness (QED) is 0.401. The van der Waals surface area contributed by atoms with Crippen molar-refractivity contribution in [1.82, 2.24) is 15.1 Å². The number of aromatic nitrogens is 2. The standard InChI is InChI=1S/C25H30FN5O2/c1-6-31-18(5)20(17(4)30-31)15-27-25(28-22-10-8-9-11-23(22)33-7-2)29-24(32)19-13-12-16(3)21(26)14-19/h8-14H,6-7,15H2,1-5H3,(H2,27,28,29,32). The van der Waals surface area contributed by atoms with Gasteiger partial charge in [-0.25, -0.2) is 9.38 Å². The topological polar surface area (TPSA) is 80.5 Å². The van der Waals surface area contributed by atoms with Crippen LogP contribution in [0.4, 0.5) is 10.1 Å². The smallest absolute Gasteiger partial charge is 0.258 e. The number of guanidine groups is 1. The molecule has 0 unspecified atom stereocenters. The van der Waals surface area contributed by atoms with Crippen LogP contribution in [0.3, 0.4) is 0 Å². The lowest BCUT2D eigenvalue weighted by atomic mass is 10.1. The van der Waals surface area contributed by atoms with Gasteiger partial charge >= 0.3 is 0 Å². The fourth-order valence-electron chi connectivity index (χ4n) is 3.43. The van der Waals surface area contributed by atoms with Crippen LogP contribution in [-0.4, -0.2) is 28.3 Å². The molecule has 33 heavy (non-hydrogen) atoms. The van der Waals surface area contributed by atoms with Gasteiger partial charge in [-0.15, -0.1) is 0 Å². The molecule has 3 aromatic rings. The van der Waals surface area contributed by atoms with E-state index >= 15 is 0 Å². The van der Waals surface area contributed by atoms with Crippen molar-refractivity contribution in [1.29, 1.82) is 0 Å². The molecular weight excluding hydrogens is 421 g/mol. The van der Waals surface area contributed by atoms with E-state index in [1.165, 1.54) is 6.07 Å². The lowest BCUT2D eigenvalue weighted by molar-refractivity contribution is 0.0976. The molecule has 1 aromatic heterocycles. The predicted molar refractivity (Wildman–Crippen MR) is 128 cm³/mol. The van der Waals surface area contributed by atoms with E-state index in [1.807, 2.05) is 56.6 Å². The highest BCUT2D eigenvalue weighted by molar-refractivity contribution is 6.10. The summed E-state index contributed by atoms with van der Waals surface area (Å²) in [6, 6.07) is 11.8. The third-order valence-corrected chi connectivity index (χ3v) is 5.33. The fraction of sp³-hybridized carbons (Fsp3) is 0.320. The number of halogens is 1. The van der Waals surface area contributed by atoms with Crippen LogP contribution < -0.4 is 15.4 Å². The Labute approximate surface area is 193 Å². The molecule has 0 radical (unpaired) electrons. The number of aliphatic imine (C=N–C) groups is 1. The molecule has 1 heterocycles. The van der Waals surface area contributed by atoms with E-state index in [1.54, 1.807) is 19.1 Å². The summed E-state index contributed by atoms with van der Waals surface area (Å²) < 4.78 is 21.6. The molecule has 0 saturated carbocycles. The second-order valence-electron chi connectivity index (χ2n) is 7.60. The molecule has 0 aliphatic rings. The average molecular weight is 452 g/mol. The Morgan fingerprint density at radius 1 is 1.15 bits per heavy atom. The van der Waals surface area contributed by atoms with Gasteiger partial charge in [-0.05, 0) is 64.4 Å². The van der Waals surface area contributed by atoms with Crippen molar-refractivity contribution in [3.05, 3.63) is 76.4 Å². The van der Waals surface area contributed by atoms with Crippen LogP contribution in [0.1, 0.15) is 46.7 Å². The van der Waals surface area contributed by atoms with Crippen LogP contribution in [0.15, 0.2) is 47.5 Å². The maximum Gasteiger partial charge on any atom is 0.258 e. The molecule has 0 spiro atoms. The van der Waals surface area contributed by atoms with Crippen LogP contribution >= 0.6 is 0 Å². The second-order valence-corrected chi connectivity index (χ2v) is 7.60. The van der Waals surface area contributed by atoms with Gasteiger partial charge in [-0.3, -0.25) is 14.8 Å². The highest BCUT2D eigenvalue weighted by atomic mass is 19.1. The van der Waals surface area contributed by atoms with Gasteiger partial charge in [0.2, 0.25) is 5.96 Å². The van der Waals surface area contributed by atoms with Crippen molar-refractivity contribution >= 4 is 17.6 Å². The Balaban J connectivity index is 1.92. The Hall–Kier alpha value is -3.68. The third kappa shape index (κ3) is 5.77. The molecule has 0 atom stereocenters. The lowest BCUT2D eigenvalue weighted by Crippen LogP contribution is -2.36. The molecule has 174 valence electrons. The summed E-state index contributed by atoms with van der Waals surface area (Å²) in [6.45, 7) is 11.1. The molecule has 0 aliphatic heterocycles. The molecule has 8 heteroatoms. The zero-order valence-corrected chi connectivity index (χ0v) is 19.7. The Kier molecular flexibility index (Phi) is 7.82. The molecule has 1 amide bonds. The number of anilines is 1. The molecule has 0 fully saturated rings.